The number of fused-ring (bicyclic) bond motifs is 2. The van der Waals surface area contributed by atoms with E-state index in [0.717, 1.165) is 42.3 Å². The predicted molar refractivity (Wildman–Crippen MR) is 117 cm³/mol. The van der Waals surface area contributed by atoms with E-state index in [9.17, 15) is 9.18 Å². The number of amides is 1. The molecule has 2 aromatic heterocycles. The van der Waals surface area contributed by atoms with Crippen molar-refractivity contribution in [2.45, 2.75) is 6.92 Å². The van der Waals surface area contributed by atoms with Gasteiger partial charge in [-0.3, -0.25) is 4.79 Å². The number of hydrogen-bond donors (Lipinski definition) is 2. The zero-order chi connectivity index (χ0) is 20.7. The van der Waals surface area contributed by atoms with Gasteiger partial charge in [-0.05, 0) is 37.3 Å². The second-order valence-corrected chi connectivity index (χ2v) is 8.39. The van der Waals surface area contributed by atoms with Crippen LogP contribution in [0.5, 0.6) is 0 Å². The number of carbonyl (C=O) groups excluding carboxylic acids is 1. The largest absolute Gasteiger partial charge is 0.368 e. The Morgan fingerprint density at radius 2 is 2.03 bits per heavy atom. The van der Waals surface area contributed by atoms with Gasteiger partial charge in [-0.25, -0.2) is 9.37 Å². The van der Waals surface area contributed by atoms with Gasteiger partial charge in [-0.15, -0.1) is 16.4 Å². The molecule has 0 spiro atoms. The second-order valence-electron chi connectivity index (χ2n) is 7.15. The summed E-state index contributed by atoms with van der Waals surface area (Å²) in [5.41, 5.74) is 2.67. The highest BCUT2D eigenvalue weighted by Crippen LogP contribution is 2.30. The molecular weight excluding hydrogens is 403 g/mol. The molecule has 5 rings (SSSR count). The van der Waals surface area contributed by atoms with E-state index in [1.54, 1.807) is 18.3 Å². The Balaban J connectivity index is 1.51. The summed E-state index contributed by atoms with van der Waals surface area (Å²) >= 11 is 1.39. The summed E-state index contributed by atoms with van der Waals surface area (Å²) in [7, 11) is 0. The van der Waals surface area contributed by atoms with Gasteiger partial charge in [-0.1, -0.05) is 0 Å². The van der Waals surface area contributed by atoms with Gasteiger partial charge in [0.1, 0.15) is 11.0 Å². The molecule has 152 valence electrons. The van der Waals surface area contributed by atoms with Crippen LogP contribution in [0.4, 0.5) is 15.8 Å². The highest BCUT2D eigenvalue weighted by atomic mass is 32.1. The Hall–Kier alpha value is -3.17. The van der Waals surface area contributed by atoms with Crippen molar-refractivity contribution in [2.75, 3.05) is 36.4 Å². The molecular formula is C21H19FN6OS. The highest BCUT2D eigenvalue weighted by molar-refractivity contribution is 7.18. The van der Waals surface area contributed by atoms with E-state index in [1.807, 2.05) is 19.1 Å². The van der Waals surface area contributed by atoms with E-state index in [2.05, 4.69) is 30.7 Å². The molecule has 0 bridgehead atoms. The smallest absolute Gasteiger partial charge is 0.257 e. The number of nitrogens with one attached hydrogen (secondary N) is 2. The lowest BCUT2D eigenvalue weighted by atomic mass is 10.1. The molecule has 0 radical (unpaired) electrons. The maximum absolute atomic E-state index is 14.4. The standard InChI is InChI=1S/C21H19FN6OS/c1-12-25-20-16(22)10-13(11-18(20)30-12)26-21(29)15-2-3-17(28-8-6-23-7-9-28)14-4-5-24-27-19(14)15/h2-5,10-11,23H,6-9H2,1H3,(H,26,29). The van der Waals surface area contributed by atoms with Crippen LogP contribution in [0.1, 0.15) is 15.4 Å². The van der Waals surface area contributed by atoms with Crippen molar-refractivity contribution in [3.8, 4) is 0 Å². The maximum atomic E-state index is 14.4. The number of carbonyl (C=O) groups is 1. The highest BCUT2D eigenvalue weighted by Gasteiger charge is 2.19. The average Bonchev–Trinajstić information content (AvgIpc) is 3.14. The minimum Gasteiger partial charge on any atom is -0.368 e. The van der Waals surface area contributed by atoms with Crippen LogP contribution in [0.2, 0.25) is 0 Å². The summed E-state index contributed by atoms with van der Waals surface area (Å²) in [6, 6.07) is 8.62. The number of nitrogens with zero attached hydrogens (tertiary/aromatic N) is 4. The number of anilines is 2. The van der Waals surface area contributed by atoms with E-state index < -0.39 is 5.82 Å². The van der Waals surface area contributed by atoms with Gasteiger partial charge in [0.05, 0.1) is 21.5 Å². The van der Waals surface area contributed by atoms with E-state index in [4.69, 9.17) is 0 Å². The minimum atomic E-state index is -0.453. The number of rotatable bonds is 3. The molecule has 1 amide bonds. The van der Waals surface area contributed by atoms with Crippen LogP contribution in [0.25, 0.3) is 21.1 Å². The van der Waals surface area contributed by atoms with Gasteiger partial charge < -0.3 is 15.5 Å². The number of benzene rings is 2. The topological polar surface area (TPSA) is 83.0 Å². The van der Waals surface area contributed by atoms with Crippen molar-refractivity contribution in [1.29, 1.82) is 0 Å². The third-order valence-corrected chi connectivity index (χ3v) is 6.09. The molecule has 30 heavy (non-hydrogen) atoms. The number of halogens is 1. The Labute approximate surface area is 175 Å². The van der Waals surface area contributed by atoms with E-state index in [1.165, 1.54) is 17.4 Å². The van der Waals surface area contributed by atoms with Gasteiger partial charge in [0, 0.05) is 42.9 Å². The number of hydrogen-bond acceptors (Lipinski definition) is 7. The summed E-state index contributed by atoms with van der Waals surface area (Å²) in [5.74, 6) is -0.807. The van der Waals surface area contributed by atoms with Gasteiger partial charge in [0.25, 0.3) is 5.91 Å². The number of piperazine rings is 1. The molecule has 1 aliphatic rings. The molecule has 0 unspecified atom stereocenters. The van der Waals surface area contributed by atoms with Crippen LogP contribution in [-0.4, -0.2) is 47.3 Å². The molecule has 2 N–H and O–H groups in total. The molecule has 3 heterocycles. The zero-order valence-corrected chi connectivity index (χ0v) is 17.1. The molecule has 0 aliphatic carbocycles. The van der Waals surface area contributed by atoms with Crippen LogP contribution >= 0.6 is 11.3 Å². The summed E-state index contributed by atoms with van der Waals surface area (Å²) < 4.78 is 15.1. The minimum absolute atomic E-state index is 0.326. The quantitative estimate of drug-likeness (QED) is 0.527. The fourth-order valence-corrected chi connectivity index (χ4v) is 4.68. The fourth-order valence-electron chi connectivity index (χ4n) is 3.80. The van der Waals surface area contributed by atoms with Gasteiger partial charge in [-0.2, -0.15) is 5.10 Å². The first-order chi connectivity index (χ1) is 14.6. The summed E-state index contributed by atoms with van der Waals surface area (Å²) in [6.45, 7) is 5.42. The monoisotopic (exact) mass is 422 g/mol. The third kappa shape index (κ3) is 3.35. The van der Waals surface area contributed by atoms with Gasteiger partial charge >= 0.3 is 0 Å². The number of thiazole rings is 1. The summed E-state index contributed by atoms with van der Waals surface area (Å²) in [6.07, 6.45) is 1.63. The molecule has 1 fully saturated rings. The lowest BCUT2D eigenvalue weighted by Gasteiger charge is -2.30. The van der Waals surface area contributed by atoms with E-state index >= 15 is 0 Å². The van der Waals surface area contributed by atoms with E-state index in [0.29, 0.717) is 27.0 Å². The summed E-state index contributed by atoms with van der Waals surface area (Å²) in [5, 5.41) is 16.0. The molecule has 9 heteroatoms. The van der Waals surface area contributed by atoms with E-state index in [-0.39, 0.29) is 5.91 Å². The molecule has 2 aromatic carbocycles. The lowest BCUT2D eigenvalue weighted by Crippen LogP contribution is -2.43. The van der Waals surface area contributed by atoms with Crippen LogP contribution < -0.4 is 15.5 Å². The lowest BCUT2D eigenvalue weighted by molar-refractivity contribution is 0.102. The molecule has 0 atom stereocenters. The normalized spacial score (nSPS) is 14.4. The van der Waals surface area contributed by atoms with Crippen molar-refractivity contribution in [3.63, 3.8) is 0 Å². The third-order valence-electron chi connectivity index (χ3n) is 5.18. The first kappa shape index (κ1) is 18.8. The Morgan fingerprint density at radius 3 is 2.87 bits per heavy atom. The Morgan fingerprint density at radius 1 is 1.20 bits per heavy atom. The molecule has 0 saturated carbocycles. The van der Waals surface area contributed by atoms with Crippen molar-refractivity contribution in [1.82, 2.24) is 20.5 Å². The molecule has 1 aliphatic heterocycles. The first-order valence-electron chi connectivity index (χ1n) is 9.68. The number of aryl methyl sites for hydroxylation is 1. The SMILES string of the molecule is Cc1nc2c(F)cc(NC(=O)c3ccc(N4CCNCC4)c4ccnnc34)cc2s1. The van der Waals surface area contributed by atoms with Crippen LogP contribution in [-0.2, 0) is 0 Å². The molecule has 7 nitrogen and oxygen atoms in total. The average molecular weight is 422 g/mol. The Bertz CT molecular complexity index is 1270. The van der Waals surface area contributed by atoms with Crippen LogP contribution in [0.3, 0.4) is 0 Å². The number of aromatic nitrogens is 3. The van der Waals surface area contributed by atoms with Crippen molar-refractivity contribution >= 4 is 49.7 Å². The second kappa shape index (κ2) is 7.58. The first-order valence-corrected chi connectivity index (χ1v) is 10.5. The van der Waals surface area contributed by atoms with Crippen LogP contribution in [0, 0.1) is 12.7 Å². The van der Waals surface area contributed by atoms with Crippen LogP contribution in [0.15, 0.2) is 36.5 Å². The van der Waals surface area contributed by atoms with Crippen molar-refractivity contribution in [2.24, 2.45) is 0 Å². The van der Waals surface area contributed by atoms with Crippen molar-refractivity contribution < 1.29 is 9.18 Å². The Kier molecular flexibility index (Phi) is 4.76. The maximum Gasteiger partial charge on any atom is 0.257 e. The molecule has 4 aromatic rings. The molecule has 1 saturated heterocycles. The van der Waals surface area contributed by atoms with Gasteiger partial charge in [0.15, 0.2) is 5.82 Å². The fraction of sp³-hybridized carbons (Fsp3) is 0.238. The van der Waals surface area contributed by atoms with Gasteiger partial charge in [0.2, 0.25) is 0 Å². The zero-order valence-electron chi connectivity index (χ0n) is 16.3. The predicted octanol–water partition coefficient (Wildman–Crippen LogP) is 3.35. The summed E-state index contributed by atoms with van der Waals surface area (Å²) in [4.78, 5) is 19.5. The van der Waals surface area contributed by atoms with Crippen molar-refractivity contribution in [3.05, 3.63) is 52.9 Å².